The molecule has 13 heavy (non-hydrogen) atoms. The number of halogens is 2. The summed E-state index contributed by atoms with van der Waals surface area (Å²) >= 11 is 3.34. The summed E-state index contributed by atoms with van der Waals surface area (Å²) < 4.78 is 15.9. The van der Waals surface area contributed by atoms with Crippen molar-refractivity contribution < 1.29 is 4.39 Å². The van der Waals surface area contributed by atoms with Gasteiger partial charge < -0.3 is 4.57 Å². The fraction of sp³-hybridized carbons (Fsp3) is 0.200. The van der Waals surface area contributed by atoms with Crippen LogP contribution in [0, 0.1) is 5.82 Å². The van der Waals surface area contributed by atoms with E-state index in [1.807, 2.05) is 23.8 Å². The number of fused-ring (bicyclic) bond motifs is 1. The molecule has 1 heterocycles. The molecule has 0 saturated carbocycles. The number of benzene rings is 1. The molecule has 0 radical (unpaired) electrons. The van der Waals surface area contributed by atoms with Crippen molar-refractivity contribution >= 4 is 26.8 Å². The monoisotopic (exact) mass is 241 g/mol. The molecule has 0 aliphatic rings. The minimum absolute atomic E-state index is 0.201. The Morgan fingerprint density at radius 3 is 2.92 bits per heavy atom. The van der Waals surface area contributed by atoms with Gasteiger partial charge in [0.05, 0.1) is 5.52 Å². The lowest BCUT2D eigenvalue weighted by Gasteiger charge is -2.01. The first kappa shape index (κ1) is 8.75. The van der Waals surface area contributed by atoms with E-state index in [-0.39, 0.29) is 5.82 Å². The summed E-state index contributed by atoms with van der Waals surface area (Å²) in [6.07, 6.45) is 1.97. The second-order valence-corrected chi connectivity index (χ2v) is 3.78. The van der Waals surface area contributed by atoms with E-state index < -0.39 is 0 Å². The van der Waals surface area contributed by atoms with Gasteiger partial charge in [-0.2, -0.15) is 0 Å². The third kappa shape index (κ3) is 1.37. The van der Waals surface area contributed by atoms with E-state index in [0.717, 1.165) is 21.9 Å². The second kappa shape index (κ2) is 3.14. The maximum atomic E-state index is 13.0. The fourth-order valence-corrected chi connectivity index (χ4v) is 2.05. The van der Waals surface area contributed by atoms with Gasteiger partial charge in [0.15, 0.2) is 0 Å². The van der Waals surface area contributed by atoms with Crippen molar-refractivity contribution in [3.05, 3.63) is 34.7 Å². The van der Waals surface area contributed by atoms with Crippen molar-refractivity contribution in [2.24, 2.45) is 0 Å². The van der Waals surface area contributed by atoms with Crippen molar-refractivity contribution in [3.8, 4) is 0 Å². The molecule has 0 atom stereocenters. The number of aromatic nitrogens is 1. The van der Waals surface area contributed by atoms with Crippen LogP contribution >= 0.6 is 15.9 Å². The lowest BCUT2D eigenvalue weighted by Crippen LogP contribution is -1.91. The second-order valence-electron chi connectivity index (χ2n) is 2.92. The average Bonchev–Trinajstić information content (AvgIpc) is 2.47. The first-order valence-corrected chi connectivity index (χ1v) is 4.95. The van der Waals surface area contributed by atoms with E-state index in [0.29, 0.717) is 0 Å². The lowest BCUT2D eigenvalue weighted by molar-refractivity contribution is 0.627. The SMILES string of the molecule is CCn1ccc2c(Br)cc(F)cc21. The quantitative estimate of drug-likeness (QED) is 0.720. The zero-order valence-electron chi connectivity index (χ0n) is 7.22. The van der Waals surface area contributed by atoms with Gasteiger partial charge in [0.2, 0.25) is 0 Å². The van der Waals surface area contributed by atoms with E-state index in [1.54, 1.807) is 6.07 Å². The molecule has 68 valence electrons. The van der Waals surface area contributed by atoms with Crippen molar-refractivity contribution in [2.45, 2.75) is 13.5 Å². The summed E-state index contributed by atoms with van der Waals surface area (Å²) in [6.45, 7) is 2.90. The van der Waals surface area contributed by atoms with Crippen LogP contribution in [0.25, 0.3) is 10.9 Å². The van der Waals surface area contributed by atoms with Crippen molar-refractivity contribution in [2.75, 3.05) is 0 Å². The highest BCUT2D eigenvalue weighted by Crippen LogP contribution is 2.26. The molecule has 0 aliphatic heterocycles. The predicted octanol–water partition coefficient (Wildman–Crippen LogP) is 3.56. The normalized spacial score (nSPS) is 11.0. The molecule has 3 heteroatoms. The van der Waals surface area contributed by atoms with Crippen LogP contribution in [-0.2, 0) is 6.54 Å². The summed E-state index contributed by atoms with van der Waals surface area (Å²) in [6, 6.07) is 5.04. The number of aryl methyl sites for hydroxylation is 1. The molecule has 0 spiro atoms. The Kier molecular flexibility index (Phi) is 2.12. The highest BCUT2D eigenvalue weighted by molar-refractivity contribution is 9.10. The largest absolute Gasteiger partial charge is 0.348 e. The molecule has 0 N–H and O–H groups in total. The maximum Gasteiger partial charge on any atom is 0.126 e. The number of nitrogens with zero attached hydrogens (tertiary/aromatic N) is 1. The molecule has 0 fully saturated rings. The summed E-state index contributed by atoms with van der Waals surface area (Å²) in [5.74, 6) is -0.201. The summed E-state index contributed by atoms with van der Waals surface area (Å²) in [5, 5.41) is 1.06. The van der Waals surface area contributed by atoms with Crippen molar-refractivity contribution in [1.82, 2.24) is 4.57 Å². The van der Waals surface area contributed by atoms with Crippen molar-refractivity contribution in [3.63, 3.8) is 0 Å². The van der Waals surface area contributed by atoms with Gasteiger partial charge in [-0.3, -0.25) is 0 Å². The van der Waals surface area contributed by atoms with Crippen LogP contribution in [0.3, 0.4) is 0 Å². The molecule has 0 amide bonds. The predicted molar refractivity (Wildman–Crippen MR) is 55.3 cm³/mol. The Morgan fingerprint density at radius 2 is 2.23 bits per heavy atom. The maximum absolute atomic E-state index is 13.0. The zero-order valence-corrected chi connectivity index (χ0v) is 8.81. The number of hydrogen-bond acceptors (Lipinski definition) is 0. The topological polar surface area (TPSA) is 4.93 Å². The van der Waals surface area contributed by atoms with E-state index in [1.165, 1.54) is 6.07 Å². The highest BCUT2D eigenvalue weighted by Gasteiger charge is 2.05. The van der Waals surface area contributed by atoms with Crippen LogP contribution in [-0.4, -0.2) is 4.57 Å². The van der Waals surface area contributed by atoms with E-state index in [4.69, 9.17) is 0 Å². The Balaban J connectivity index is 2.82. The molecule has 2 aromatic rings. The minimum Gasteiger partial charge on any atom is -0.348 e. The van der Waals surface area contributed by atoms with Crippen LogP contribution in [0.4, 0.5) is 4.39 Å². The van der Waals surface area contributed by atoms with Crippen LogP contribution in [0.15, 0.2) is 28.9 Å². The van der Waals surface area contributed by atoms with Gasteiger partial charge >= 0.3 is 0 Å². The lowest BCUT2D eigenvalue weighted by atomic mass is 10.2. The summed E-state index contributed by atoms with van der Waals surface area (Å²) in [7, 11) is 0. The third-order valence-electron chi connectivity index (χ3n) is 2.14. The third-order valence-corrected chi connectivity index (χ3v) is 2.80. The average molecular weight is 242 g/mol. The van der Waals surface area contributed by atoms with Crippen LogP contribution in [0.5, 0.6) is 0 Å². The molecule has 1 nitrogen and oxygen atoms in total. The molecule has 0 saturated heterocycles. The van der Waals surface area contributed by atoms with Gasteiger partial charge in [-0.1, -0.05) is 0 Å². The standard InChI is InChI=1S/C10H9BrFN/c1-2-13-4-3-8-9(11)5-7(12)6-10(8)13/h3-6H,2H2,1H3. The molecule has 0 unspecified atom stereocenters. The molecule has 0 aliphatic carbocycles. The minimum atomic E-state index is -0.201. The van der Waals surface area contributed by atoms with Crippen molar-refractivity contribution in [1.29, 1.82) is 0 Å². The van der Waals surface area contributed by atoms with Gasteiger partial charge in [0, 0.05) is 22.6 Å². The van der Waals surface area contributed by atoms with Crippen LogP contribution in [0.2, 0.25) is 0 Å². The van der Waals surface area contributed by atoms with E-state index >= 15 is 0 Å². The molecule has 1 aromatic heterocycles. The van der Waals surface area contributed by atoms with Gasteiger partial charge in [-0.15, -0.1) is 0 Å². The van der Waals surface area contributed by atoms with Gasteiger partial charge in [0.1, 0.15) is 5.82 Å². The molecule has 1 aromatic carbocycles. The van der Waals surface area contributed by atoms with Crippen LogP contribution in [0.1, 0.15) is 6.92 Å². The Hall–Kier alpha value is -0.830. The Labute approximate surface area is 84.3 Å². The first-order chi connectivity index (χ1) is 6.22. The molecule has 0 bridgehead atoms. The first-order valence-electron chi connectivity index (χ1n) is 4.16. The Morgan fingerprint density at radius 1 is 1.46 bits per heavy atom. The Bertz CT molecular complexity index is 447. The van der Waals surface area contributed by atoms with Crippen LogP contribution < -0.4 is 0 Å². The zero-order chi connectivity index (χ0) is 9.42. The molecule has 2 rings (SSSR count). The number of hydrogen-bond donors (Lipinski definition) is 0. The van der Waals surface area contributed by atoms with E-state index in [2.05, 4.69) is 15.9 Å². The van der Waals surface area contributed by atoms with Gasteiger partial charge in [0.25, 0.3) is 0 Å². The highest BCUT2D eigenvalue weighted by atomic mass is 79.9. The molecular formula is C10H9BrFN. The van der Waals surface area contributed by atoms with Gasteiger partial charge in [-0.05, 0) is 41.1 Å². The summed E-state index contributed by atoms with van der Waals surface area (Å²) in [4.78, 5) is 0. The molecular weight excluding hydrogens is 233 g/mol. The smallest absolute Gasteiger partial charge is 0.126 e. The number of rotatable bonds is 1. The van der Waals surface area contributed by atoms with E-state index in [9.17, 15) is 4.39 Å². The summed E-state index contributed by atoms with van der Waals surface area (Å²) in [5.41, 5.74) is 0.939. The van der Waals surface area contributed by atoms with Gasteiger partial charge in [-0.25, -0.2) is 4.39 Å². The fourth-order valence-electron chi connectivity index (χ4n) is 1.49.